The molecule has 1 unspecified atom stereocenters. The Morgan fingerprint density at radius 2 is 1.00 bits per heavy atom. The zero-order valence-electron chi connectivity index (χ0n) is 37.1. The van der Waals surface area contributed by atoms with Crippen LogP contribution >= 0.6 is 23.2 Å². The summed E-state index contributed by atoms with van der Waals surface area (Å²) < 4.78 is 66.9. The maximum atomic E-state index is 14.4. The van der Waals surface area contributed by atoms with Gasteiger partial charge < -0.3 is 29.9 Å². The van der Waals surface area contributed by atoms with Crippen LogP contribution in [0.3, 0.4) is 0 Å². The monoisotopic (exact) mass is 950 g/mol. The van der Waals surface area contributed by atoms with E-state index >= 15 is 0 Å². The summed E-state index contributed by atoms with van der Waals surface area (Å²) in [6.07, 6.45) is 5.33. The normalized spacial score (nSPS) is 16.7. The third kappa shape index (κ3) is 11.4. The molecule has 2 N–H and O–H groups in total. The summed E-state index contributed by atoms with van der Waals surface area (Å²) >= 11 is 11.4. The second kappa shape index (κ2) is 19.8. The van der Waals surface area contributed by atoms with Crippen LogP contribution in [0.5, 0.6) is 0 Å². The molecule has 2 aromatic carbocycles. The van der Waals surface area contributed by atoms with Crippen LogP contribution in [0.1, 0.15) is 90.4 Å². The number of anilines is 4. The molecule has 2 aliphatic heterocycles. The van der Waals surface area contributed by atoms with Gasteiger partial charge in [-0.05, 0) is 116 Å². The highest BCUT2D eigenvalue weighted by Crippen LogP contribution is 2.34. The van der Waals surface area contributed by atoms with Crippen LogP contribution < -0.4 is 10.6 Å². The topological polar surface area (TPSA) is 160 Å². The first kappa shape index (κ1) is 47.8. The number of amides is 2. The van der Waals surface area contributed by atoms with E-state index < -0.39 is 44.5 Å². The molecule has 4 aromatic heterocycles. The lowest BCUT2D eigenvalue weighted by molar-refractivity contribution is 0.0187. The molecule has 0 radical (unpaired) electrons. The van der Waals surface area contributed by atoms with E-state index in [0.29, 0.717) is 48.2 Å². The van der Waals surface area contributed by atoms with E-state index in [-0.39, 0.29) is 47.0 Å². The molecule has 2 atom stereocenters. The van der Waals surface area contributed by atoms with E-state index in [0.717, 1.165) is 49.2 Å². The lowest BCUT2D eigenvalue weighted by Crippen LogP contribution is -2.42. The second-order valence-electron chi connectivity index (χ2n) is 17.9. The quantitative estimate of drug-likeness (QED) is 0.120. The number of pyridine rings is 2. The lowest BCUT2D eigenvalue weighted by atomic mass is 9.94. The number of piperidine rings is 2. The van der Waals surface area contributed by atoms with Gasteiger partial charge in [-0.25, -0.2) is 57.1 Å². The number of likely N-dealkylation sites (tertiary alicyclic amines) is 2. The number of benzene rings is 2. The molecule has 2 aliphatic rings. The third-order valence-corrected chi connectivity index (χ3v) is 11.3. The SMILES string of the molecule is CC(C)(C)OC(=O)N1CCCC(c2ccc3ncnc(Nc4ccc(F)c(Cl)c4F)c3n2)C1.CC(C)(C)OC(=O)N1CCC[C@@H](c2ccc3ncnc(Nc4ccc(F)c(Cl)c4F)c3n2)C1. The van der Waals surface area contributed by atoms with Gasteiger partial charge in [-0.15, -0.1) is 0 Å². The summed E-state index contributed by atoms with van der Waals surface area (Å²) in [5, 5.41) is 4.48. The van der Waals surface area contributed by atoms with Crippen molar-refractivity contribution < 1.29 is 36.6 Å². The van der Waals surface area contributed by atoms with Gasteiger partial charge in [0.15, 0.2) is 23.3 Å². The van der Waals surface area contributed by atoms with Crippen LogP contribution in [0.2, 0.25) is 10.0 Å². The average Bonchev–Trinajstić information content (AvgIpc) is 3.28. The van der Waals surface area contributed by atoms with Crippen molar-refractivity contribution in [1.82, 2.24) is 39.7 Å². The van der Waals surface area contributed by atoms with Gasteiger partial charge in [0.25, 0.3) is 0 Å². The van der Waals surface area contributed by atoms with Gasteiger partial charge in [0.2, 0.25) is 0 Å². The Morgan fingerprint density at radius 1 is 0.606 bits per heavy atom. The maximum absolute atomic E-state index is 14.4. The summed E-state index contributed by atoms with van der Waals surface area (Å²) in [7, 11) is 0. The van der Waals surface area contributed by atoms with Gasteiger partial charge in [-0.2, -0.15) is 0 Å². The van der Waals surface area contributed by atoms with Crippen LogP contribution in [-0.4, -0.2) is 89.3 Å². The van der Waals surface area contributed by atoms with Crippen molar-refractivity contribution in [2.24, 2.45) is 0 Å². The van der Waals surface area contributed by atoms with E-state index in [1.165, 1.54) is 24.8 Å². The van der Waals surface area contributed by atoms with Crippen molar-refractivity contribution in [1.29, 1.82) is 0 Å². The number of rotatable bonds is 6. The van der Waals surface area contributed by atoms with E-state index in [1.54, 1.807) is 9.80 Å². The van der Waals surface area contributed by atoms with Crippen molar-refractivity contribution in [2.45, 2.75) is 90.3 Å². The van der Waals surface area contributed by atoms with Gasteiger partial charge in [0.1, 0.15) is 56.6 Å². The van der Waals surface area contributed by atoms with Crippen molar-refractivity contribution in [3.05, 3.63) is 106 Å². The van der Waals surface area contributed by atoms with Gasteiger partial charge in [0, 0.05) is 49.4 Å². The minimum Gasteiger partial charge on any atom is -0.444 e. The summed E-state index contributed by atoms with van der Waals surface area (Å²) in [4.78, 5) is 54.8. The molecule has 0 aliphatic carbocycles. The van der Waals surface area contributed by atoms with Crippen molar-refractivity contribution in [3.8, 4) is 0 Å². The maximum Gasteiger partial charge on any atom is 0.410 e. The highest BCUT2D eigenvalue weighted by molar-refractivity contribution is 6.31. The smallest absolute Gasteiger partial charge is 0.410 e. The fourth-order valence-corrected chi connectivity index (χ4v) is 7.80. The Hall–Kier alpha value is -6.14. The highest BCUT2D eigenvalue weighted by Gasteiger charge is 2.31. The van der Waals surface area contributed by atoms with Crippen molar-refractivity contribution in [3.63, 3.8) is 0 Å². The minimum absolute atomic E-state index is 0.000672. The van der Waals surface area contributed by atoms with Crippen LogP contribution in [-0.2, 0) is 9.47 Å². The molecule has 20 heteroatoms. The van der Waals surface area contributed by atoms with Gasteiger partial charge in [-0.3, -0.25) is 0 Å². The van der Waals surface area contributed by atoms with E-state index in [2.05, 4.69) is 30.6 Å². The molecule has 348 valence electrons. The molecule has 14 nitrogen and oxygen atoms in total. The molecule has 0 spiro atoms. The number of carbonyl (C=O) groups excluding carboxylic acids is 2. The Kier molecular flexibility index (Phi) is 14.3. The van der Waals surface area contributed by atoms with Crippen molar-refractivity contribution >= 4 is 80.5 Å². The first-order valence-corrected chi connectivity index (χ1v) is 22.0. The number of nitrogens with one attached hydrogen (secondary N) is 2. The molecular formula is C46H48Cl2F4N10O4. The van der Waals surface area contributed by atoms with Crippen LogP contribution in [0.25, 0.3) is 22.1 Å². The van der Waals surface area contributed by atoms with Crippen LogP contribution in [0.4, 0.5) is 50.2 Å². The van der Waals surface area contributed by atoms with Gasteiger partial charge in [0.05, 0.1) is 22.4 Å². The van der Waals surface area contributed by atoms with Crippen molar-refractivity contribution in [2.75, 3.05) is 36.8 Å². The average molecular weight is 952 g/mol. The third-order valence-electron chi connectivity index (χ3n) is 10.6. The zero-order chi connectivity index (χ0) is 47.5. The second-order valence-corrected chi connectivity index (χ2v) is 18.6. The standard InChI is InChI=1S/2C23H24ClF2N5O2/c2*1-23(2,3)33-22(32)31-10-4-5-13(11-31)15-8-9-17-20(29-15)21(28-12-27-17)30-16-7-6-14(25)18(24)19(16)26/h2*6-9,12-13H,4-5,10-11H2,1-3H3,(H,27,28,30)/t13-;/m1./s1. The van der Waals surface area contributed by atoms with Gasteiger partial charge in [-0.1, -0.05) is 23.2 Å². The summed E-state index contributed by atoms with van der Waals surface area (Å²) in [5.74, 6) is -2.99. The number of hydrogen-bond acceptors (Lipinski definition) is 12. The Labute approximate surface area is 388 Å². The predicted molar refractivity (Wildman–Crippen MR) is 244 cm³/mol. The number of carbonyl (C=O) groups is 2. The Bertz CT molecular complexity index is 2590. The molecule has 8 rings (SSSR count). The number of hydrogen-bond donors (Lipinski definition) is 2. The first-order valence-electron chi connectivity index (χ1n) is 21.2. The molecule has 6 aromatic rings. The molecule has 66 heavy (non-hydrogen) atoms. The Balaban J connectivity index is 0.000000196. The largest absolute Gasteiger partial charge is 0.444 e. The zero-order valence-corrected chi connectivity index (χ0v) is 38.6. The van der Waals surface area contributed by atoms with Crippen LogP contribution in [0, 0.1) is 23.3 Å². The summed E-state index contributed by atoms with van der Waals surface area (Å²) in [6, 6.07) is 12.0. The molecule has 2 saturated heterocycles. The number of ether oxygens (including phenoxy) is 2. The molecule has 2 fully saturated rings. The summed E-state index contributed by atoms with van der Waals surface area (Å²) in [6.45, 7) is 13.2. The number of aromatic nitrogens is 6. The van der Waals surface area contributed by atoms with Crippen LogP contribution in [0.15, 0.2) is 61.2 Å². The number of fused-ring (bicyclic) bond motifs is 2. The molecule has 6 heterocycles. The van der Waals surface area contributed by atoms with E-state index in [1.807, 2.05) is 65.8 Å². The fraction of sp³-hybridized carbons (Fsp3) is 0.391. The highest BCUT2D eigenvalue weighted by atomic mass is 35.5. The molecular weight excluding hydrogens is 903 g/mol. The summed E-state index contributed by atoms with van der Waals surface area (Å²) in [5.41, 5.74) is 2.34. The lowest BCUT2D eigenvalue weighted by Gasteiger charge is -2.34. The number of halogens is 6. The molecule has 0 bridgehead atoms. The minimum atomic E-state index is -0.917. The molecule has 0 saturated carbocycles. The predicted octanol–water partition coefficient (Wildman–Crippen LogP) is 11.6. The Morgan fingerprint density at radius 3 is 1.38 bits per heavy atom. The first-order chi connectivity index (χ1) is 31.2. The number of nitrogens with zero attached hydrogens (tertiary/aromatic N) is 8. The van der Waals surface area contributed by atoms with E-state index in [9.17, 15) is 27.2 Å². The fourth-order valence-electron chi connectivity index (χ4n) is 7.47. The van der Waals surface area contributed by atoms with E-state index in [4.69, 9.17) is 42.6 Å². The van der Waals surface area contributed by atoms with Gasteiger partial charge >= 0.3 is 12.2 Å². The molecule has 2 amide bonds.